The molecule has 0 aliphatic heterocycles. The Balaban J connectivity index is 1.93. The number of rotatable bonds is 7. The van der Waals surface area contributed by atoms with Crippen molar-refractivity contribution < 1.29 is 9.47 Å². The van der Waals surface area contributed by atoms with Crippen molar-refractivity contribution in [2.75, 3.05) is 31.4 Å². The molecule has 0 amide bonds. The van der Waals surface area contributed by atoms with Gasteiger partial charge in [-0.2, -0.15) is 10.1 Å². The molecule has 0 atom stereocenters. The quantitative estimate of drug-likeness (QED) is 0.807. The molecule has 0 unspecified atom stereocenters. The first-order valence-electron chi connectivity index (χ1n) is 7.84. The third-order valence-corrected chi connectivity index (χ3v) is 3.21. The maximum absolute atomic E-state index is 5.32. The van der Waals surface area contributed by atoms with E-state index in [0.29, 0.717) is 11.8 Å². The van der Waals surface area contributed by atoms with E-state index in [-0.39, 0.29) is 5.54 Å². The molecule has 0 aliphatic carbocycles. The highest BCUT2D eigenvalue weighted by molar-refractivity contribution is 5.43. The third kappa shape index (κ3) is 5.26. The first-order valence-corrected chi connectivity index (χ1v) is 7.84. The highest BCUT2D eigenvalue weighted by Crippen LogP contribution is 2.27. The van der Waals surface area contributed by atoms with E-state index in [1.54, 1.807) is 20.4 Å². The molecule has 0 radical (unpaired) electrons. The molecule has 2 N–H and O–H groups in total. The molecule has 0 bridgehead atoms. The molecule has 1 heterocycles. The predicted molar refractivity (Wildman–Crippen MR) is 94.9 cm³/mol. The van der Waals surface area contributed by atoms with E-state index >= 15 is 0 Å². The number of nitrogens with zero attached hydrogens (tertiary/aromatic N) is 3. The van der Waals surface area contributed by atoms with Crippen LogP contribution in [0.3, 0.4) is 0 Å². The van der Waals surface area contributed by atoms with Crippen molar-refractivity contribution >= 4 is 11.8 Å². The molecule has 0 spiro atoms. The molecule has 24 heavy (non-hydrogen) atoms. The van der Waals surface area contributed by atoms with E-state index in [1.165, 1.54) is 0 Å². The lowest BCUT2D eigenvalue weighted by atomic mass is 10.1. The second-order valence-corrected chi connectivity index (χ2v) is 6.41. The Labute approximate surface area is 142 Å². The summed E-state index contributed by atoms with van der Waals surface area (Å²) in [7, 11) is 3.26. The van der Waals surface area contributed by atoms with E-state index in [0.717, 1.165) is 30.0 Å². The summed E-state index contributed by atoms with van der Waals surface area (Å²) < 4.78 is 10.6. The number of nitrogens with one attached hydrogen (secondary N) is 2. The van der Waals surface area contributed by atoms with Gasteiger partial charge in [0.15, 0.2) is 17.3 Å². The van der Waals surface area contributed by atoms with Crippen molar-refractivity contribution in [1.29, 1.82) is 0 Å². The van der Waals surface area contributed by atoms with Crippen LogP contribution < -0.4 is 20.1 Å². The molecule has 0 saturated carbocycles. The molecule has 7 nitrogen and oxygen atoms in total. The Bertz CT molecular complexity index is 670. The molecular formula is C17H25N5O2. The summed E-state index contributed by atoms with van der Waals surface area (Å²) in [5, 5.41) is 14.4. The van der Waals surface area contributed by atoms with Crippen LogP contribution in [-0.2, 0) is 6.42 Å². The minimum absolute atomic E-state index is 0.111. The number of benzene rings is 1. The highest BCUT2D eigenvalue weighted by Gasteiger charge is 2.12. The number of aromatic nitrogens is 3. The van der Waals surface area contributed by atoms with E-state index in [4.69, 9.17) is 9.47 Å². The summed E-state index contributed by atoms with van der Waals surface area (Å²) in [6.45, 7) is 6.87. The summed E-state index contributed by atoms with van der Waals surface area (Å²) >= 11 is 0. The van der Waals surface area contributed by atoms with E-state index in [1.807, 2.05) is 39.0 Å². The SMILES string of the molecule is COc1ccc(CCNc2cnnc(NC(C)(C)C)n2)cc1OC. The molecule has 0 fully saturated rings. The first kappa shape index (κ1) is 17.8. The van der Waals surface area contributed by atoms with Crippen LogP contribution in [0.4, 0.5) is 11.8 Å². The zero-order valence-corrected chi connectivity index (χ0v) is 14.9. The van der Waals surface area contributed by atoms with E-state index in [2.05, 4.69) is 25.8 Å². The lowest BCUT2D eigenvalue weighted by Crippen LogP contribution is -2.27. The maximum atomic E-state index is 5.32. The Morgan fingerprint density at radius 2 is 1.83 bits per heavy atom. The van der Waals surface area contributed by atoms with Crippen molar-refractivity contribution in [3.63, 3.8) is 0 Å². The van der Waals surface area contributed by atoms with E-state index < -0.39 is 0 Å². The van der Waals surface area contributed by atoms with Gasteiger partial charge in [-0.3, -0.25) is 0 Å². The molecule has 130 valence electrons. The lowest BCUT2D eigenvalue weighted by molar-refractivity contribution is 0.354. The second-order valence-electron chi connectivity index (χ2n) is 6.41. The largest absolute Gasteiger partial charge is 0.493 e. The molecule has 2 rings (SSSR count). The summed E-state index contributed by atoms with van der Waals surface area (Å²) in [5.74, 6) is 2.67. The van der Waals surface area contributed by atoms with Gasteiger partial charge in [0.25, 0.3) is 0 Å². The van der Waals surface area contributed by atoms with Gasteiger partial charge in [-0.05, 0) is 44.9 Å². The Morgan fingerprint density at radius 1 is 1.08 bits per heavy atom. The molecule has 1 aromatic carbocycles. The highest BCUT2D eigenvalue weighted by atomic mass is 16.5. The van der Waals surface area contributed by atoms with Gasteiger partial charge >= 0.3 is 0 Å². The monoisotopic (exact) mass is 331 g/mol. The number of ether oxygens (including phenoxy) is 2. The van der Waals surface area contributed by atoms with Crippen molar-refractivity contribution in [2.24, 2.45) is 0 Å². The van der Waals surface area contributed by atoms with Crippen LogP contribution in [0.25, 0.3) is 0 Å². The van der Waals surface area contributed by atoms with Gasteiger partial charge in [-0.25, -0.2) is 0 Å². The Hall–Kier alpha value is -2.57. The topological polar surface area (TPSA) is 81.2 Å². The fourth-order valence-electron chi connectivity index (χ4n) is 2.15. The molecule has 7 heteroatoms. The number of anilines is 2. The Morgan fingerprint density at radius 3 is 2.50 bits per heavy atom. The smallest absolute Gasteiger partial charge is 0.245 e. The van der Waals surface area contributed by atoms with Gasteiger partial charge in [0.05, 0.1) is 20.4 Å². The normalized spacial score (nSPS) is 11.0. The lowest BCUT2D eigenvalue weighted by Gasteiger charge is -2.20. The van der Waals surface area contributed by atoms with Crippen molar-refractivity contribution in [1.82, 2.24) is 15.2 Å². The standard InChI is InChI=1S/C17H25N5O2/c1-17(2,3)21-16-20-15(11-19-22-16)18-9-8-12-6-7-13(23-4)14(10-12)24-5/h6-7,10-11H,8-9H2,1-5H3,(H2,18,20,21,22). The summed E-state index contributed by atoms with van der Waals surface area (Å²) in [4.78, 5) is 4.41. The van der Waals surface area contributed by atoms with Crippen LogP contribution in [0.2, 0.25) is 0 Å². The van der Waals surface area contributed by atoms with Crippen molar-refractivity contribution in [3.05, 3.63) is 30.0 Å². The van der Waals surface area contributed by atoms with Crippen LogP contribution in [-0.4, -0.2) is 41.5 Å². The maximum Gasteiger partial charge on any atom is 0.245 e. The van der Waals surface area contributed by atoms with Gasteiger partial charge in [-0.15, -0.1) is 5.10 Å². The molecule has 0 aliphatic rings. The zero-order valence-electron chi connectivity index (χ0n) is 14.9. The van der Waals surface area contributed by atoms with E-state index in [9.17, 15) is 0 Å². The van der Waals surface area contributed by atoms with Gasteiger partial charge in [0.1, 0.15) is 0 Å². The minimum atomic E-state index is -0.111. The third-order valence-electron chi connectivity index (χ3n) is 3.21. The zero-order chi connectivity index (χ0) is 17.6. The van der Waals surface area contributed by atoms with Gasteiger partial charge < -0.3 is 20.1 Å². The van der Waals surface area contributed by atoms with Crippen LogP contribution in [0.1, 0.15) is 26.3 Å². The average molecular weight is 331 g/mol. The molecule has 2 aromatic rings. The van der Waals surface area contributed by atoms with Gasteiger partial charge in [-0.1, -0.05) is 6.07 Å². The van der Waals surface area contributed by atoms with Crippen LogP contribution in [0, 0.1) is 0 Å². The number of hydrogen-bond donors (Lipinski definition) is 2. The summed E-state index contributed by atoms with van der Waals surface area (Å²) in [6, 6.07) is 5.91. The summed E-state index contributed by atoms with van der Waals surface area (Å²) in [6.07, 6.45) is 2.44. The van der Waals surface area contributed by atoms with Crippen LogP contribution in [0.5, 0.6) is 11.5 Å². The predicted octanol–water partition coefficient (Wildman–Crippen LogP) is 2.75. The summed E-state index contributed by atoms with van der Waals surface area (Å²) in [5.41, 5.74) is 1.04. The van der Waals surface area contributed by atoms with Crippen LogP contribution in [0.15, 0.2) is 24.4 Å². The number of methoxy groups -OCH3 is 2. The molecule has 0 saturated heterocycles. The average Bonchev–Trinajstić information content (AvgIpc) is 2.53. The fourth-order valence-corrected chi connectivity index (χ4v) is 2.15. The fraction of sp³-hybridized carbons (Fsp3) is 0.471. The van der Waals surface area contributed by atoms with Gasteiger partial charge in [0, 0.05) is 12.1 Å². The molecule has 1 aromatic heterocycles. The molecular weight excluding hydrogens is 306 g/mol. The number of hydrogen-bond acceptors (Lipinski definition) is 7. The first-order chi connectivity index (χ1) is 11.4. The Kier molecular flexibility index (Phi) is 5.78. The second kappa shape index (κ2) is 7.81. The van der Waals surface area contributed by atoms with Gasteiger partial charge in [0.2, 0.25) is 5.95 Å². The van der Waals surface area contributed by atoms with Crippen LogP contribution >= 0.6 is 0 Å². The van der Waals surface area contributed by atoms with Crippen molar-refractivity contribution in [2.45, 2.75) is 32.7 Å². The minimum Gasteiger partial charge on any atom is -0.493 e. The van der Waals surface area contributed by atoms with Crippen molar-refractivity contribution in [3.8, 4) is 11.5 Å².